The number of alkyl halides is 3. The lowest BCUT2D eigenvalue weighted by molar-refractivity contribution is -0.137. The topological polar surface area (TPSA) is 88.9 Å². The van der Waals surface area contributed by atoms with Gasteiger partial charge in [0, 0.05) is 17.1 Å². The highest BCUT2D eigenvalue weighted by molar-refractivity contribution is 8.00. The van der Waals surface area contributed by atoms with Crippen LogP contribution >= 0.6 is 23.4 Å². The number of imide groups is 1. The summed E-state index contributed by atoms with van der Waals surface area (Å²) in [6.45, 7) is 3.53. The van der Waals surface area contributed by atoms with Gasteiger partial charge in [-0.3, -0.25) is 14.7 Å². The number of carbonyl (C=O) groups excluding carboxylic acids is 2. The zero-order valence-corrected chi connectivity index (χ0v) is 19.1. The molecule has 3 aromatic rings. The van der Waals surface area contributed by atoms with Crippen LogP contribution in [0.15, 0.2) is 53.7 Å². The number of nitrogens with one attached hydrogen (secondary N) is 2. The highest BCUT2D eigenvalue weighted by Gasteiger charge is 2.35. The van der Waals surface area contributed by atoms with E-state index in [1.807, 2.05) is 0 Å². The Morgan fingerprint density at radius 3 is 2.55 bits per heavy atom. The van der Waals surface area contributed by atoms with Crippen molar-refractivity contribution >= 4 is 35.3 Å². The van der Waals surface area contributed by atoms with E-state index in [4.69, 9.17) is 11.6 Å². The number of carbonyl (C=O) groups is 2. The van der Waals surface area contributed by atoms with E-state index < -0.39 is 28.9 Å². The van der Waals surface area contributed by atoms with Crippen molar-refractivity contribution < 1.29 is 22.8 Å². The number of halogens is 4. The van der Waals surface area contributed by atoms with Gasteiger partial charge in [-0.25, -0.2) is 4.79 Å². The van der Waals surface area contributed by atoms with Gasteiger partial charge in [0.2, 0.25) is 5.91 Å². The van der Waals surface area contributed by atoms with E-state index in [0.717, 1.165) is 17.8 Å². The number of hydrogen-bond acceptors (Lipinski definition) is 5. The van der Waals surface area contributed by atoms with Gasteiger partial charge in [0.15, 0.2) is 11.0 Å². The van der Waals surface area contributed by atoms with E-state index in [1.165, 1.54) is 29.7 Å². The zero-order chi connectivity index (χ0) is 24.2. The van der Waals surface area contributed by atoms with Gasteiger partial charge in [-0.15, -0.1) is 10.2 Å². The van der Waals surface area contributed by atoms with Crippen molar-refractivity contribution in [3.8, 4) is 17.1 Å². The molecule has 7 nitrogen and oxygen atoms in total. The molecule has 0 spiro atoms. The standard InChI is InChI=1S/C21H19ClF3N5O2S/c1-3-26-19(32)27-18(31)12(2)33-20-29-28-17(13-7-6-8-14(22)11-13)30(20)16-10-5-4-9-15(16)21(23,24)25/h4-12H,3H2,1-2H3,(H2,26,27,31,32). The van der Waals surface area contributed by atoms with Gasteiger partial charge in [-0.05, 0) is 38.1 Å². The molecule has 174 valence electrons. The van der Waals surface area contributed by atoms with Crippen molar-refractivity contribution in [1.29, 1.82) is 0 Å². The molecule has 1 atom stereocenters. The molecule has 33 heavy (non-hydrogen) atoms. The number of rotatable bonds is 6. The van der Waals surface area contributed by atoms with Crippen LogP contribution in [0.1, 0.15) is 19.4 Å². The molecule has 1 heterocycles. The van der Waals surface area contributed by atoms with Crippen LogP contribution in [0, 0.1) is 0 Å². The number of para-hydroxylation sites is 1. The Morgan fingerprint density at radius 1 is 1.15 bits per heavy atom. The summed E-state index contributed by atoms with van der Waals surface area (Å²) in [5, 5.41) is 12.3. The van der Waals surface area contributed by atoms with Crippen molar-refractivity contribution in [1.82, 2.24) is 25.4 Å². The largest absolute Gasteiger partial charge is 0.418 e. The number of amides is 3. The lowest BCUT2D eigenvalue weighted by Crippen LogP contribution is -2.42. The Hall–Kier alpha value is -3.05. The Labute approximate surface area is 196 Å². The summed E-state index contributed by atoms with van der Waals surface area (Å²) in [6.07, 6.45) is -4.64. The number of nitrogens with zero attached hydrogens (tertiary/aromatic N) is 3. The summed E-state index contributed by atoms with van der Waals surface area (Å²) in [6, 6.07) is 10.8. The molecule has 0 aliphatic heterocycles. The predicted octanol–water partition coefficient (Wildman–Crippen LogP) is 4.93. The smallest absolute Gasteiger partial charge is 0.338 e. The molecule has 1 aromatic heterocycles. The maximum Gasteiger partial charge on any atom is 0.418 e. The van der Waals surface area contributed by atoms with Crippen molar-refractivity contribution in [2.24, 2.45) is 0 Å². The Morgan fingerprint density at radius 2 is 1.88 bits per heavy atom. The lowest BCUT2D eigenvalue weighted by Gasteiger charge is -2.17. The number of aromatic nitrogens is 3. The van der Waals surface area contributed by atoms with Gasteiger partial charge in [0.05, 0.1) is 16.5 Å². The second kappa shape index (κ2) is 10.3. The lowest BCUT2D eigenvalue weighted by atomic mass is 10.1. The van der Waals surface area contributed by atoms with Crippen LogP contribution in [0.4, 0.5) is 18.0 Å². The molecule has 3 rings (SSSR count). The zero-order valence-electron chi connectivity index (χ0n) is 17.5. The highest BCUT2D eigenvalue weighted by Crippen LogP contribution is 2.38. The number of urea groups is 1. The summed E-state index contributed by atoms with van der Waals surface area (Å²) in [4.78, 5) is 24.0. The van der Waals surface area contributed by atoms with E-state index in [2.05, 4.69) is 20.8 Å². The summed E-state index contributed by atoms with van der Waals surface area (Å²) in [5.41, 5.74) is -0.656. The first-order valence-electron chi connectivity index (χ1n) is 9.75. The number of thioether (sulfide) groups is 1. The molecule has 0 aliphatic carbocycles. The second-order valence-electron chi connectivity index (χ2n) is 6.78. The van der Waals surface area contributed by atoms with E-state index in [0.29, 0.717) is 17.1 Å². The molecule has 3 amide bonds. The van der Waals surface area contributed by atoms with Gasteiger partial charge in [-0.1, -0.05) is 47.6 Å². The summed E-state index contributed by atoms with van der Waals surface area (Å²) < 4.78 is 42.6. The van der Waals surface area contributed by atoms with Crippen LogP contribution in [-0.4, -0.2) is 38.5 Å². The van der Waals surface area contributed by atoms with Crippen molar-refractivity contribution in [2.75, 3.05) is 6.54 Å². The molecule has 0 bridgehead atoms. The van der Waals surface area contributed by atoms with Crippen LogP contribution in [-0.2, 0) is 11.0 Å². The summed E-state index contributed by atoms with van der Waals surface area (Å²) in [7, 11) is 0. The fourth-order valence-electron chi connectivity index (χ4n) is 2.92. The average molecular weight is 498 g/mol. The third-order valence-corrected chi connectivity index (χ3v) is 5.67. The number of hydrogen-bond donors (Lipinski definition) is 2. The Bertz CT molecular complexity index is 1170. The molecule has 1 unspecified atom stereocenters. The van der Waals surface area contributed by atoms with Gasteiger partial charge >= 0.3 is 12.2 Å². The van der Waals surface area contributed by atoms with E-state index >= 15 is 0 Å². The summed E-state index contributed by atoms with van der Waals surface area (Å²) in [5.74, 6) is -0.512. The second-order valence-corrected chi connectivity index (χ2v) is 8.52. The van der Waals surface area contributed by atoms with Crippen molar-refractivity contribution in [3.63, 3.8) is 0 Å². The van der Waals surface area contributed by atoms with Crippen molar-refractivity contribution in [3.05, 3.63) is 59.1 Å². The normalized spacial score (nSPS) is 12.3. The average Bonchev–Trinajstić information content (AvgIpc) is 3.16. The first-order valence-corrected chi connectivity index (χ1v) is 11.0. The molecule has 2 N–H and O–H groups in total. The van der Waals surface area contributed by atoms with Gasteiger partial charge in [-0.2, -0.15) is 13.2 Å². The van der Waals surface area contributed by atoms with Crippen LogP contribution < -0.4 is 10.6 Å². The van der Waals surface area contributed by atoms with Crippen LogP contribution in [0.25, 0.3) is 17.1 Å². The van der Waals surface area contributed by atoms with Crippen LogP contribution in [0.2, 0.25) is 5.02 Å². The van der Waals surface area contributed by atoms with Gasteiger partial charge in [0.25, 0.3) is 0 Å². The fourth-order valence-corrected chi connectivity index (χ4v) is 3.97. The number of benzene rings is 2. The summed E-state index contributed by atoms with van der Waals surface area (Å²) >= 11 is 6.94. The monoisotopic (exact) mass is 497 g/mol. The van der Waals surface area contributed by atoms with E-state index in [-0.39, 0.29) is 16.7 Å². The first-order chi connectivity index (χ1) is 15.6. The Kier molecular flexibility index (Phi) is 7.65. The highest BCUT2D eigenvalue weighted by atomic mass is 35.5. The maximum atomic E-state index is 13.8. The van der Waals surface area contributed by atoms with Crippen LogP contribution in [0.3, 0.4) is 0 Å². The minimum atomic E-state index is -4.64. The molecular weight excluding hydrogens is 479 g/mol. The minimum absolute atomic E-state index is 0.0419. The molecule has 12 heteroatoms. The quantitative estimate of drug-likeness (QED) is 0.471. The van der Waals surface area contributed by atoms with Gasteiger partial charge < -0.3 is 5.32 Å². The molecule has 2 aromatic carbocycles. The van der Waals surface area contributed by atoms with Crippen molar-refractivity contribution in [2.45, 2.75) is 30.4 Å². The molecule has 0 radical (unpaired) electrons. The third-order valence-electron chi connectivity index (χ3n) is 4.39. The first kappa shape index (κ1) is 24.6. The van der Waals surface area contributed by atoms with Gasteiger partial charge in [0.1, 0.15) is 0 Å². The fraction of sp³-hybridized carbons (Fsp3) is 0.238. The third kappa shape index (κ3) is 5.85. The minimum Gasteiger partial charge on any atom is -0.338 e. The molecular formula is C21H19ClF3N5O2S. The van der Waals surface area contributed by atoms with Crippen LogP contribution in [0.5, 0.6) is 0 Å². The maximum absolute atomic E-state index is 13.8. The molecule has 0 saturated carbocycles. The molecule has 0 saturated heterocycles. The SMILES string of the molecule is CCNC(=O)NC(=O)C(C)Sc1nnc(-c2cccc(Cl)c2)n1-c1ccccc1C(F)(F)F. The molecule has 0 fully saturated rings. The predicted molar refractivity (Wildman–Crippen MR) is 119 cm³/mol. The Balaban J connectivity index is 2.08. The van der Waals surface area contributed by atoms with E-state index in [1.54, 1.807) is 31.2 Å². The molecule has 0 aliphatic rings. The van der Waals surface area contributed by atoms with E-state index in [9.17, 15) is 22.8 Å².